The number of benzene rings is 2. The summed E-state index contributed by atoms with van der Waals surface area (Å²) in [7, 11) is -1.90. The van der Waals surface area contributed by atoms with Crippen molar-refractivity contribution >= 4 is 59.5 Å². The molecule has 4 rings (SSSR count). The predicted octanol–water partition coefficient (Wildman–Crippen LogP) is 3.21. The standard InChI is InChI=1S/C22H23BrN4O5S2/c1-3-32-22(29)26-10-12-27(13-11-26)34(30,31)17-7-4-15(5-8-17)20(28)24-21-25(2)18-9-6-16(23)14-19(18)33-21/h4-9,14H,3,10-13H2,1-2H3. The summed E-state index contributed by atoms with van der Waals surface area (Å²) in [6.45, 7) is 2.87. The van der Waals surface area contributed by atoms with Crippen molar-refractivity contribution in [2.75, 3.05) is 32.8 Å². The Kier molecular flexibility index (Phi) is 7.22. The van der Waals surface area contributed by atoms with Crippen molar-refractivity contribution < 1.29 is 22.7 Å². The van der Waals surface area contributed by atoms with Crippen molar-refractivity contribution in [2.45, 2.75) is 11.8 Å². The lowest BCUT2D eigenvalue weighted by atomic mass is 10.2. The molecule has 0 aliphatic carbocycles. The van der Waals surface area contributed by atoms with Gasteiger partial charge in [-0.05, 0) is 49.4 Å². The topological polar surface area (TPSA) is 101 Å². The first-order chi connectivity index (χ1) is 16.2. The van der Waals surface area contributed by atoms with Crippen molar-refractivity contribution in [1.29, 1.82) is 0 Å². The Morgan fingerprint density at radius 2 is 1.76 bits per heavy atom. The first kappa shape index (κ1) is 24.6. The lowest BCUT2D eigenvalue weighted by molar-refractivity contribution is 0.0933. The minimum atomic E-state index is -3.75. The van der Waals surface area contributed by atoms with Crippen LogP contribution in [-0.2, 0) is 21.8 Å². The fourth-order valence-corrected chi connectivity index (χ4v) is 6.60. The van der Waals surface area contributed by atoms with Crippen molar-refractivity contribution in [1.82, 2.24) is 13.8 Å². The second-order valence-electron chi connectivity index (χ2n) is 7.59. The normalized spacial score (nSPS) is 15.6. The maximum Gasteiger partial charge on any atom is 0.409 e. The molecule has 1 aliphatic rings. The quantitative estimate of drug-likeness (QED) is 0.482. The maximum absolute atomic E-state index is 13.0. The van der Waals surface area contributed by atoms with Gasteiger partial charge in [0, 0.05) is 43.3 Å². The summed E-state index contributed by atoms with van der Waals surface area (Å²) < 4.78 is 36.1. The summed E-state index contributed by atoms with van der Waals surface area (Å²) in [5.41, 5.74) is 1.26. The van der Waals surface area contributed by atoms with Gasteiger partial charge in [0.1, 0.15) is 0 Å². The van der Waals surface area contributed by atoms with Gasteiger partial charge >= 0.3 is 6.09 Å². The zero-order chi connectivity index (χ0) is 24.5. The summed E-state index contributed by atoms with van der Waals surface area (Å²) in [5.74, 6) is -0.451. The Balaban J connectivity index is 1.50. The van der Waals surface area contributed by atoms with E-state index < -0.39 is 22.0 Å². The van der Waals surface area contributed by atoms with Crippen molar-refractivity contribution in [3.63, 3.8) is 0 Å². The molecule has 0 bridgehead atoms. The van der Waals surface area contributed by atoms with E-state index in [2.05, 4.69) is 20.9 Å². The molecule has 2 amide bonds. The molecule has 180 valence electrons. The minimum Gasteiger partial charge on any atom is -0.450 e. The second-order valence-corrected chi connectivity index (χ2v) is 11.4. The molecule has 2 heterocycles. The number of rotatable bonds is 4. The Labute approximate surface area is 209 Å². The van der Waals surface area contributed by atoms with Gasteiger partial charge in [0.25, 0.3) is 5.91 Å². The van der Waals surface area contributed by atoms with Crippen LogP contribution >= 0.6 is 27.3 Å². The number of aromatic nitrogens is 1. The molecule has 0 N–H and O–H groups in total. The molecule has 9 nitrogen and oxygen atoms in total. The number of halogens is 1. The van der Waals surface area contributed by atoms with E-state index in [9.17, 15) is 18.0 Å². The third kappa shape index (κ3) is 4.95. The van der Waals surface area contributed by atoms with Crippen molar-refractivity contribution in [3.05, 3.63) is 57.3 Å². The van der Waals surface area contributed by atoms with E-state index in [0.29, 0.717) is 10.4 Å². The van der Waals surface area contributed by atoms with E-state index in [1.54, 1.807) is 6.92 Å². The minimum absolute atomic E-state index is 0.0888. The number of fused-ring (bicyclic) bond motifs is 1. The largest absolute Gasteiger partial charge is 0.450 e. The number of carbonyl (C=O) groups excluding carboxylic acids is 2. The molecule has 12 heteroatoms. The van der Waals surface area contributed by atoms with Gasteiger partial charge in [-0.1, -0.05) is 27.3 Å². The number of aryl methyl sites for hydroxylation is 1. The first-order valence-electron chi connectivity index (χ1n) is 10.6. The number of amides is 2. The molecule has 0 radical (unpaired) electrons. The number of hydrogen-bond acceptors (Lipinski definition) is 6. The molecule has 0 atom stereocenters. The summed E-state index contributed by atoms with van der Waals surface area (Å²) in [6.07, 6.45) is -0.439. The fourth-order valence-electron chi connectivity index (χ4n) is 3.61. The highest BCUT2D eigenvalue weighted by Crippen LogP contribution is 2.22. The molecule has 0 spiro atoms. The number of sulfonamides is 1. The van der Waals surface area contributed by atoms with Crippen LogP contribution in [0.2, 0.25) is 0 Å². The van der Waals surface area contributed by atoms with Crippen LogP contribution in [-0.4, -0.2) is 67.0 Å². The van der Waals surface area contributed by atoms with Crippen LogP contribution < -0.4 is 4.80 Å². The van der Waals surface area contributed by atoms with Crippen LogP contribution in [0.25, 0.3) is 10.2 Å². The van der Waals surface area contributed by atoms with Crippen LogP contribution in [0.1, 0.15) is 17.3 Å². The Bertz CT molecular complexity index is 1410. The molecular weight excluding hydrogens is 544 g/mol. The van der Waals surface area contributed by atoms with Crippen molar-refractivity contribution in [2.24, 2.45) is 12.0 Å². The highest BCUT2D eigenvalue weighted by Gasteiger charge is 2.30. The van der Waals surface area contributed by atoms with E-state index >= 15 is 0 Å². The molecule has 3 aromatic rings. The molecule has 1 aromatic heterocycles. The number of piperazine rings is 1. The summed E-state index contributed by atoms with van der Waals surface area (Å²) in [5, 5.41) is 0. The Hall–Kier alpha value is -2.54. The third-order valence-corrected chi connectivity index (χ3v) is 8.97. The lowest BCUT2D eigenvalue weighted by Crippen LogP contribution is -2.50. The molecule has 34 heavy (non-hydrogen) atoms. The van der Waals surface area contributed by atoms with Gasteiger partial charge in [-0.25, -0.2) is 13.2 Å². The van der Waals surface area contributed by atoms with Gasteiger partial charge in [-0.3, -0.25) is 4.79 Å². The zero-order valence-electron chi connectivity index (χ0n) is 18.6. The zero-order valence-corrected chi connectivity index (χ0v) is 21.8. The summed E-state index contributed by atoms with van der Waals surface area (Å²) in [6, 6.07) is 11.6. The highest BCUT2D eigenvalue weighted by molar-refractivity contribution is 9.10. The summed E-state index contributed by atoms with van der Waals surface area (Å²) >= 11 is 4.84. The van der Waals surface area contributed by atoms with Crippen LogP contribution in [0.4, 0.5) is 4.79 Å². The van der Waals surface area contributed by atoms with E-state index in [1.807, 2.05) is 29.8 Å². The first-order valence-corrected chi connectivity index (χ1v) is 13.6. The van der Waals surface area contributed by atoms with Gasteiger partial charge in [0.05, 0.1) is 21.7 Å². The third-order valence-electron chi connectivity index (χ3n) is 5.47. The Morgan fingerprint density at radius 1 is 1.09 bits per heavy atom. The van der Waals surface area contributed by atoms with Gasteiger partial charge in [0.15, 0.2) is 4.80 Å². The monoisotopic (exact) mass is 566 g/mol. The Morgan fingerprint density at radius 3 is 2.41 bits per heavy atom. The van der Waals surface area contributed by atoms with E-state index in [4.69, 9.17) is 4.74 Å². The van der Waals surface area contributed by atoms with Gasteiger partial charge in [0.2, 0.25) is 10.0 Å². The van der Waals surface area contributed by atoms with Crippen LogP contribution in [0.5, 0.6) is 0 Å². The van der Waals surface area contributed by atoms with Crippen LogP contribution in [0, 0.1) is 0 Å². The SMILES string of the molecule is CCOC(=O)N1CCN(S(=O)(=O)c2ccc(C(=O)N=c3sc4cc(Br)ccc4n3C)cc2)CC1. The van der Waals surface area contributed by atoms with Gasteiger partial charge in [-0.2, -0.15) is 9.30 Å². The number of ether oxygens (including phenoxy) is 1. The molecule has 1 fully saturated rings. The molecule has 0 saturated carbocycles. The van der Waals surface area contributed by atoms with Crippen LogP contribution in [0.3, 0.4) is 0 Å². The molecular formula is C22H23BrN4O5S2. The number of hydrogen-bond donors (Lipinski definition) is 0. The maximum atomic E-state index is 13.0. The second kappa shape index (κ2) is 9.98. The molecule has 2 aromatic carbocycles. The number of nitrogens with zero attached hydrogens (tertiary/aromatic N) is 4. The van der Waals surface area contributed by atoms with Gasteiger partial charge in [-0.15, -0.1) is 0 Å². The fraction of sp³-hybridized carbons (Fsp3) is 0.318. The smallest absolute Gasteiger partial charge is 0.409 e. The molecule has 1 aliphatic heterocycles. The van der Waals surface area contributed by atoms with Gasteiger partial charge < -0.3 is 14.2 Å². The highest BCUT2D eigenvalue weighted by atomic mass is 79.9. The lowest BCUT2D eigenvalue weighted by Gasteiger charge is -2.33. The molecule has 1 saturated heterocycles. The predicted molar refractivity (Wildman–Crippen MR) is 132 cm³/mol. The average Bonchev–Trinajstić information content (AvgIpc) is 3.13. The van der Waals surface area contributed by atoms with Crippen molar-refractivity contribution in [3.8, 4) is 0 Å². The summed E-state index contributed by atoms with van der Waals surface area (Å²) in [4.78, 5) is 30.9. The molecule has 0 unspecified atom stereocenters. The number of thiazole rings is 1. The van der Waals surface area contributed by atoms with Crippen LogP contribution in [0.15, 0.2) is 56.8 Å². The van der Waals surface area contributed by atoms with E-state index in [0.717, 1.165) is 14.7 Å². The average molecular weight is 567 g/mol. The van der Waals surface area contributed by atoms with E-state index in [-0.39, 0.29) is 37.7 Å². The number of carbonyl (C=O) groups is 2. The van der Waals surface area contributed by atoms with E-state index in [1.165, 1.54) is 44.8 Å².